The van der Waals surface area contributed by atoms with Crippen LogP contribution in [0.25, 0.3) is 0 Å². The quantitative estimate of drug-likeness (QED) is 0.824. The van der Waals surface area contributed by atoms with Gasteiger partial charge in [0.05, 0.1) is 17.5 Å². The molecule has 0 aliphatic heterocycles. The van der Waals surface area contributed by atoms with Crippen LogP contribution in [0.3, 0.4) is 0 Å². The van der Waals surface area contributed by atoms with Crippen molar-refractivity contribution in [1.82, 2.24) is 4.90 Å². The molecule has 0 aliphatic carbocycles. The average Bonchev–Trinajstić information content (AvgIpc) is 2.36. The van der Waals surface area contributed by atoms with Gasteiger partial charge in [-0.3, -0.25) is 4.79 Å². The molecule has 1 aromatic rings. The molecule has 0 saturated heterocycles. The second-order valence-corrected chi connectivity index (χ2v) is 4.00. The van der Waals surface area contributed by atoms with E-state index in [9.17, 15) is 9.18 Å². The van der Waals surface area contributed by atoms with Crippen molar-refractivity contribution in [2.75, 3.05) is 20.2 Å². The van der Waals surface area contributed by atoms with Gasteiger partial charge in [-0.1, -0.05) is 11.6 Å². The van der Waals surface area contributed by atoms with Gasteiger partial charge in [0.25, 0.3) is 5.91 Å². The molecule has 0 heterocycles. The van der Waals surface area contributed by atoms with Crippen LogP contribution in [-0.4, -0.2) is 31.0 Å². The predicted octanol–water partition coefficient (Wildman–Crippen LogP) is 2.23. The van der Waals surface area contributed by atoms with Crippen molar-refractivity contribution in [2.45, 2.75) is 6.42 Å². The minimum atomic E-state index is -0.598. The van der Waals surface area contributed by atoms with Crippen molar-refractivity contribution < 1.29 is 13.9 Å². The van der Waals surface area contributed by atoms with Gasteiger partial charge in [0.1, 0.15) is 11.6 Å². The molecule has 0 saturated carbocycles. The van der Waals surface area contributed by atoms with Gasteiger partial charge in [0.15, 0.2) is 6.61 Å². The summed E-state index contributed by atoms with van der Waals surface area (Å²) in [6.07, 6.45) is 0.262. The molecule has 6 heteroatoms. The first kappa shape index (κ1) is 14.3. The highest BCUT2D eigenvalue weighted by atomic mass is 35.5. The highest BCUT2D eigenvalue weighted by Crippen LogP contribution is 2.20. The zero-order chi connectivity index (χ0) is 13.5. The van der Waals surface area contributed by atoms with E-state index in [2.05, 4.69) is 0 Å². The van der Waals surface area contributed by atoms with Crippen molar-refractivity contribution in [3.05, 3.63) is 29.0 Å². The topological polar surface area (TPSA) is 53.3 Å². The summed E-state index contributed by atoms with van der Waals surface area (Å²) >= 11 is 5.51. The number of nitriles is 1. The van der Waals surface area contributed by atoms with Gasteiger partial charge in [0, 0.05) is 19.7 Å². The Hall–Kier alpha value is -1.80. The number of carbonyl (C=O) groups excluding carboxylic acids is 1. The summed E-state index contributed by atoms with van der Waals surface area (Å²) in [5.74, 6) is -0.640. The van der Waals surface area contributed by atoms with Crippen LogP contribution < -0.4 is 4.74 Å². The molecule has 96 valence electrons. The third-order valence-corrected chi connectivity index (χ3v) is 2.54. The highest BCUT2D eigenvalue weighted by molar-refractivity contribution is 6.30. The number of amides is 1. The SMILES string of the molecule is CN(CCC#N)C(=O)COc1ccc(Cl)c(F)c1. The molecule has 0 N–H and O–H groups in total. The minimum absolute atomic E-state index is 0.000172. The number of nitrogens with zero attached hydrogens (tertiary/aromatic N) is 2. The molecular formula is C12H12ClFN2O2. The number of hydrogen-bond acceptors (Lipinski definition) is 3. The maximum Gasteiger partial charge on any atom is 0.260 e. The lowest BCUT2D eigenvalue weighted by molar-refractivity contribution is -0.131. The van der Waals surface area contributed by atoms with Crippen LogP contribution in [0.1, 0.15) is 6.42 Å². The third-order valence-electron chi connectivity index (χ3n) is 2.24. The summed E-state index contributed by atoms with van der Waals surface area (Å²) in [6.45, 7) is 0.136. The Bertz CT molecular complexity index is 474. The Morgan fingerprint density at radius 2 is 2.33 bits per heavy atom. The number of carbonyl (C=O) groups is 1. The minimum Gasteiger partial charge on any atom is -0.484 e. The summed E-state index contributed by atoms with van der Waals surface area (Å²) in [5.41, 5.74) is 0. The van der Waals surface area contributed by atoms with Crippen LogP contribution in [0.4, 0.5) is 4.39 Å². The maximum atomic E-state index is 13.1. The second-order valence-electron chi connectivity index (χ2n) is 3.59. The summed E-state index contributed by atoms with van der Waals surface area (Å²) in [7, 11) is 1.57. The summed E-state index contributed by atoms with van der Waals surface area (Å²) in [6, 6.07) is 5.90. The molecule has 0 bridgehead atoms. The first-order valence-electron chi connectivity index (χ1n) is 5.23. The summed E-state index contributed by atoms with van der Waals surface area (Å²) < 4.78 is 18.2. The summed E-state index contributed by atoms with van der Waals surface area (Å²) in [5, 5.41) is 8.39. The van der Waals surface area contributed by atoms with Crippen molar-refractivity contribution in [2.24, 2.45) is 0 Å². The molecule has 0 fully saturated rings. The number of likely N-dealkylation sites (N-methyl/N-ethyl adjacent to an activating group) is 1. The van der Waals surface area contributed by atoms with Crippen LogP contribution in [0.15, 0.2) is 18.2 Å². The number of hydrogen-bond donors (Lipinski definition) is 0. The molecular weight excluding hydrogens is 259 g/mol. The summed E-state index contributed by atoms with van der Waals surface area (Å²) in [4.78, 5) is 12.9. The highest BCUT2D eigenvalue weighted by Gasteiger charge is 2.09. The lowest BCUT2D eigenvalue weighted by Gasteiger charge is -2.15. The zero-order valence-electron chi connectivity index (χ0n) is 9.82. The Labute approximate surface area is 110 Å². The molecule has 0 spiro atoms. The van der Waals surface area contributed by atoms with Gasteiger partial charge >= 0.3 is 0 Å². The fraction of sp³-hybridized carbons (Fsp3) is 0.333. The van der Waals surface area contributed by atoms with E-state index in [0.717, 1.165) is 6.07 Å². The molecule has 0 unspecified atom stereocenters. The number of benzene rings is 1. The molecule has 18 heavy (non-hydrogen) atoms. The van der Waals surface area contributed by atoms with E-state index in [1.165, 1.54) is 17.0 Å². The largest absolute Gasteiger partial charge is 0.484 e. The molecule has 4 nitrogen and oxygen atoms in total. The van der Waals surface area contributed by atoms with E-state index < -0.39 is 5.82 Å². The van der Waals surface area contributed by atoms with Crippen LogP contribution >= 0.6 is 11.6 Å². The smallest absolute Gasteiger partial charge is 0.260 e. The first-order valence-corrected chi connectivity index (χ1v) is 5.61. The fourth-order valence-corrected chi connectivity index (χ4v) is 1.28. The van der Waals surface area contributed by atoms with E-state index in [0.29, 0.717) is 6.54 Å². The predicted molar refractivity (Wildman–Crippen MR) is 64.8 cm³/mol. The lowest BCUT2D eigenvalue weighted by Crippen LogP contribution is -2.32. The first-order chi connectivity index (χ1) is 8.54. The van der Waals surface area contributed by atoms with E-state index in [1.807, 2.05) is 6.07 Å². The molecule has 0 atom stereocenters. The van der Waals surface area contributed by atoms with Crippen LogP contribution in [0.2, 0.25) is 5.02 Å². The molecule has 0 aromatic heterocycles. The van der Waals surface area contributed by atoms with Crippen molar-refractivity contribution in [3.63, 3.8) is 0 Å². The maximum absolute atomic E-state index is 13.1. The number of ether oxygens (including phenoxy) is 1. The Morgan fingerprint density at radius 3 is 2.94 bits per heavy atom. The van der Waals surface area contributed by atoms with Crippen LogP contribution in [-0.2, 0) is 4.79 Å². The molecule has 1 aromatic carbocycles. The van der Waals surface area contributed by atoms with Gasteiger partial charge in [-0.15, -0.1) is 0 Å². The monoisotopic (exact) mass is 270 g/mol. The van der Waals surface area contributed by atoms with Crippen LogP contribution in [0, 0.1) is 17.1 Å². The van der Waals surface area contributed by atoms with E-state index in [4.69, 9.17) is 21.6 Å². The van der Waals surface area contributed by atoms with Gasteiger partial charge in [-0.25, -0.2) is 4.39 Å². The molecule has 1 amide bonds. The second kappa shape index (κ2) is 6.82. The fourth-order valence-electron chi connectivity index (χ4n) is 1.16. The lowest BCUT2D eigenvalue weighted by atomic mass is 10.3. The van der Waals surface area contributed by atoms with Gasteiger partial charge < -0.3 is 9.64 Å². The van der Waals surface area contributed by atoms with Gasteiger partial charge in [-0.2, -0.15) is 5.26 Å². The molecule has 1 rings (SSSR count). The third kappa shape index (κ3) is 4.22. The standard InChI is InChI=1S/C12H12ClFN2O2/c1-16(6-2-5-15)12(17)8-18-9-3-4-10(13)11(14)7-9/h3-4,7H,2,6,8H2,1H3. The number of halogens is 2. The van der Waals surface area contributed by atoms with E-state index in [1.54, 1.807) is 7.05 Å². The Kier molecular flexibility index (Phi) is 5.40. The van der Waals surface area contributed by atoms with Crippen molar-refractivity contribution >= 4 is 17.5 Å². The normalized spacial score (nSPS) is 9.67. The zero-order valence-corrected chi connectivity index (χ0v) is 10.6. The van der Waals surface area contributed by atoms with Gasteiger partial charge in [0.2, 0.25) is 0 Å². The van der Waals surface area contributed by atoms with Gasteiger partial charge in [-0.05, 0) is 12.1 Å². The van der Waals surface area contributed by atoms with Crippen molar-refractivity contribution in [3.8, 4) is 11.8 Å². The van der Waals surface area contributed by atoms with Crippen molar-refractivity contribution in [1.29, 1.82) is 5.26 Å². The molecule has 0 aliphatic rings. The average molecular weight is 271 g/mol. The Morgan fingerprint density at radius 1 is 1.61 bits per heavy atom. The molecule has 0 radical (unpaired) electrons. The van der Waals surface area contributed by atoms with E-state index >= 15 is 0 Å². The Balaban J connectivity index is 2.47. The van der Waals surface area contributed by atoms with Crippen LogP contribution in [0.5, 0.6) is 5.75 Å². The van der Waals surface area contributed by atoms with E-state index in [-0.39, 0.29) is 29.7 Å². The number of rotatable bonds is 5.